The molecule has 1 atom stereocenters. The van der Waals surface area contributed by atoms with Gasteiger partial charge >= 0.3 is 0 Å². The Hall–Kier alpha value is -4.06. The van der Waals surface area contributed by atoms with E-state index in [0.717, 1.165) is 27.5 Å². The van der Waals surface area contributed by atoms with Gasteiger partial charge in [0, 0.05) is 18.1 Å². The molecule has 0 spiro atoms. The molecule has 2 heterocycles. The fraction of sp³-hybridized carbons (Fsp3) is 0.0800. The number of fused-ring (bicyclic) bond motifs is 2. The Morgan fingerprint density at radius 3 is 2.48 bits per heavy atom. The van der Waals surface area contributed by atoms with Crippen LogP contribution >= 0.6 is 0 Å². The Morgan fingerprint density at radius 2 is 1.65 bits per heavy atom. The van der Waals surface area contributed by atoms with Crippen molar-refractivity contribution < 1.29 is 9.18 Å². The number of imidazole rings is 1. The van der Waals surface area contributed by atoms with Crippen molar-refractivity contribution in [3.8, 4) is 0 Å². The van der Waals surface area contributed by atoms with Crippen molar-refractivity contribution in [2.24, 2.45) is 0 Å². The van der Waals surface area contributed by atoms with Crippen LogP contribution in [0.15, 0.2) is 91.4 Å². The first-order valence-corrected chi connectivity index (χ1v) is 9.99. The summed E-state index contributed by atoms with van der Waals surface area (Å²) in [7, 11) is 0. The predicted molar refractivity (Wildman–Crippen MR) is 118 cm³/mol. The minimum Gasteiger partial charge on any atom is -0.343 e. The van der Waals surface area contributed by atoms with E-state index in [0.29, 0.717) is 12.1 Å². The number of carbonyl (C=O) groups is 1. The third-order valence-electron chi connectivity index (χ3n) is 5.38. The molecule has 0 aliphatic rings. The van der Waals surface area contributed by atoms with E-state index in [4.69, 9.17) is 0 Å². The molecule has 5 aromatic rings. The average molecular weight is 410 g/mol. The second-order valence-corrected chi connectivity index (χ2v) is 7.34. The van der Waals surface area contributed by atoms with Crippen molar-refractivity contribution in [3.63, 3.8) is 0 Å². The Morgan fingerprint density at radius 1 is 0.903 bits per heavy atom. The van der Waals surface area contributed by atoms with E-state index in [-0.39, 0.29) is 17.8 Å². The second-order valence-electron chi connectivity index (χ2n) is 7.34. The summed E-state index contributed by atoms with van der Waals surface area (Å²) in [4.78, 5) is 22.0. The van der Waals surface area contributed by atoms with E-state index in [2.05, 4.69) is 15.3 Å². The summed E-state index contributed by atoms with van der Waals surface area (Å²) in [6.45, 7) is 0.459. The highest BCUT2D eigenvalue weighted by atomic mass is 19.1. The van der Waals surface area contributed by atoms with Gasteiger partial charge in [0.25, 0.3) is 5.91 Å². The normalized spacial score (nSPS) is 12.2. The van der Waals surface area contributed by atoms with E-state index in [1.807, 2.05) is 53.1 Å². The van der Waals surface area contributed by atoms with Gasteiger partial charge in [-0.1, -0.05) is 42.5 Å². The maximum atomic E-state index is 13.5. The summed E-state index contributed by atoms with van der Waals surface area (Å²) < 4.78 is 15.5. The van der Waals surface area contributed by atoms with Crippen LogP contribution in [0.3, 0.4) is 0 Å². The molecule has 0 aliphatic heterocycles. The van der Waals surface area contributed by atoms with Crippen LogP contribution in [-0.2, 0) is 6.54 Å². The lowest BCUT2D eigenvalue weighted by Gasteiger charge is -2.21. The van der Waals surface area contributed by atoms with E-state index in [9.17, 15) is 9.18 Å². The molecule has 6 heteroatoms. The molecule has 31 heavy (non-hydrogen) atoms. The number of halogens is 1. The van der Waals surface area contributed by atoms with Crippen LogP contribution < -0.4 is 5.32 Å². The average Bonchev–Trinajstić information content (AvgIpc) is 3.21. The minimum absolute atomic E-state index is 0.211. The van der Waals surface area contributed by atoms with Crippen molar-refractivity contribution >= 4 is 27.8 Å². The number of hydrogen-bond acceptors (Lipinski definition) is 3. The summed E-state index contributed by atoms with van der Waals surface area (Å²) in [5.41, 5.74) is 3.97. The van der Waals surface area contributed by atoms with Crippen LogP contribution in [0.4, 0.5) is 4.39 Å². The van der Waals surface area contributed by atoms with Crippen molar-refractivity contribution in [2.75, 3.05) is 0 Å². The SMILES string of the molecule is O=C(NC(Cn1cnc2ccccc21)c1ccc(F)cc1)c1ccnc2ccccc12. The molecule has 0 saturated heterocycles. The monoisotopic (exact) mass is 410 g/mol. The topological polar surface area (TPSA) is 59.8 Å². The highest BCUT2D eigenvalue weighted by Gasteiger charge is 2.19. The zero-order valence-electron chi connectivity index (χ0n) is 16.6. The maximum Gasteiger partial charge on any atom is 0.252 e. The summed E-state index contributed by atoms with van der Waals surface area (Å²) in [5, 5.41) is 3.91. The molecule has 0 radical (unpaired) electrons. The van der Waals surface area contributed by atoms with Gasteiger partial charge < -0.3 is 9.88 Å². The number of hydrogen-bond donors (Lipinski definition) is 1. The lowest BCUT2D eigenvalue weighted by molar-refractivity contribution is 0.0934. The molecule has 5 nitrogen and oxygen atoms in total. The van der Waals surface area contributed by atoms with Gasteiger partial charge in [0.1, 0.15) is 5.82 Å². The molecular formula is C25H19FN4O. The van der Waals surface area contributed by atoms with Crippen LogP contribution in [0.2, 0.25) is 0 Å². The van der Waals surface area contributed by atoms with E-state index in [1.54, 1.807) is 30.7 Å². The van der Waals surface area contributed by atoms with E-state index >= 15 is 0 Å². The summed E-state index contributed by atoms with van der Waals surface area (Å²) in [6, 6.07) is 22.9. The van der Waals surface area contributed by atoms with Crippen molar-refractivity contribution in [1.82, 2.24) is 19.9 Å². The van der Waals surface area contributed by atoms with Crippen LogP contribution in [0.25, 0.3) is 21.9 Å². The minimum atomic E-state index is -0.377. The first-order valence-electron chi connectivity index (χ1n) is 9.99. The zero-order valence-corrected chi connectivity index (χ0v) is 16.6. The lowest BCUT2D eigenvalue weighted by Crippen LogP contribution is -2.31. The molecule has 0 fully saturated rings. The second kappa shape index (κ2) is 7.99. The smallest absolute Gasteiger partial charge is 0.252 e. The number of benzene rings is 3. The number of nitrogens with one attached hydrogen (secondary N) is 1. The van der Waals surface area contributed by atoms with Crippen LogP contribution in [0.5, 0.6) is 0 Å². The first kappa shape index (κ1) is 18.9. The van der Waals surface area contributed by atoms with E-state index < -0.39 is 0 Å². The molecule has 0 saturated carbocycles. The Bertz CT molecular complexity index is 1370. The van der Waals surface area contributed by atoms with Gasteiger partial charge in [-0.2, -0.15) is 0 Å². The number of pyridine rings is 1. The fourth-order valence-electron chi connectivity index (χ4n) is 3.81. The standard InChI is InChI=1S/C25H19FN4O/c26-18-11-9-17(10-12-18)23(15-30-16-28-22-7-3-4-8-24(22)30)29-25(31)20-13-14-27-21-6-2-1-5-19(20)21/h1-14,16,23H,15H2,(H,29,31). The number of carbonyl (C=O) groups excluding carboxylic acids is 1. The number of amides is 1. The number of nitrogens with zero attached hydrogens (tertiary/aromatic N) is 3. The lowest BCUT2D eigenvalue weighted by atomic mass is 10.0. The zero-order chi connectivity index (χ0) is 21.2. The third-order valence-corrected chi connectivity index (χ3v) is 5.38. The van der Waals surface area contributed by atoms with E-state index in [1.165, 1.54) is 12.1 Å². The molecule has 2 aromatic heterocycles. The highest BCUT2D eigenvalue weighted by Crippen LogP contribution is 2.22. The summed E-state index contributed by atoms with van der Waals surface area (Å²) in [6.07, 6.45) is 3.39. The van der Waals surface area contributed by atoms with Gasteiger partial charge in [-0.15, -0.1) is 0 Å². The summed E-state index contributed by atoms with van der Waals surface area (Å²) in [5.74, 6) is -0.528. The van der Waals surface area contributed by atoms with Crippen molar-refractivity contribution in [3.05, 3.63) is 108 Å². The number of para-hydroxylation sites is 3. The quantitative estimate of drug-likeness (QED) is 0.449. The van der Waals surface area contributed by atoms with Crippen molar-refractivity contribution in [2.45, 2.75) is 12.6 Å². The van der Waals surface area contributed by atoms with Crippen LogP contribution in [0.1, 0.15) is 22.0 Å². The molecule has 0 aliphatic carbocycles. The molecule has 3 aromatic carbocycles. The maximum absolute atomic E-state index is 13.5. The highest BCUT2D eigenvalue weighted by molar-refractivity contribution is 6.06. The number of rotatable bonds is 5. The molecule has 1 amide bonds. The molecular weight excluding hydrogens is 391 g/mol. The Labute approximate surface area is 178 Å². The van der Waals surface area contributed by atoms with Crippen molar-refractivity contribution in [1.29, 1.82) is 0 Å². The predicted octanol–water partition coefficient (Wildman–Crippen LogP) is 4.89. The first-order chi connectivity index (χ1) is 15.2. The third kappa shape index (κ3) is 3.75. The molecule has 5 rings (SSSR count). The van der Waals surface area contributed by atoms with Gasteiger partial charge in [0.2, 0.25) is 0 Å². The van der Waals surface area contributed by atoms with Gasteiger partial charge in [0.15, 0.2) is 0 Å². The van der Waals surface area contributed by atoms with Crippen LogP contribution in [-0.4, -0.2) is 20.4 Å². The number of aromatic nitrogens is 3. The molecule has 0 bridgehead atoms. The van der Waals surface area contributed by atoms with Gasteiger partial charge in [-0.3, -0.25) is 9.78 Å². The largest absolute Gasteiger partial charge is 0.343 e. The fourth-order valence-corrected chi connectivity index (χ4v) is 3.81. The molecule has 1 N–H and O–H groups in total. The Balaban J connectivity index is 1.51. The van der Waals surface area contributed by atoms with Crippen LogP contribution in [0, 0.1) is 5.82 Å². The Kier molecular flexibility index (Phi) is 4.88. The van der Waals surface area contributed by atoms with Gasteiger partial charge in [-0.05, 0) is 42.0 Å². The summed E-state index contributed by atoms with van der Waals surface area (Å²) >= 11 is 0. The van der Waals surface area contributed by atoms with Gasteiger partial charge in [0.05, 0.1) is 34.5 Å². The molecule has 152 valence electrons. The molecule has 1 unspecified atom stereocenters. The van der Waals surface area contributed by atoms with Gasteiger partial charge in [-0.25, -0.2) is 9.37 Å².